The zero-order chi connectivity index (χ0) is 16.5. The van der Waals surface area contributed by atoms with Crippen LogP contribution in [0.3, 0.4) is 0 Å². The molecule has 2 N–H and O–H groups in total. The van der Waals surface area contributed by atoms with Gasteiger partial charge in [0.25, 0.3) is 0 Å². The Morgan fingerprint density at radius 2 is 2.04 bits per heavy atom. The molecule has 3 aromatic rings. The normalized spacial score (nSPS) is 15.0. The number of rotatable bonds is 4. The van der Waals surface area contributed by atoms with E-state index in [4.69, 9.17) is 0 Å². The Hall–Kier alpha value is -2.74. The van der Waals surface area contributed by atoms with Gasteiger partial charge in [0.1, 0.15) is 11.6 Å². The van der Waals surface area contributed by atoms with E-state index in [1.165, 1.54) is 31.2 Å². The first-order chi connectivity index (χ1) is 11.8. The van der Waals surface area contributed by atoms with Crippen molar-refractivity contribution in [2.24, 2.45) is 0 Å². The molecular formula is C19H21N5. The number of aryl methyl sites for hydroxylation is 1. The minimum atomic E-state index is 0.479. The second-order valence-corrected chi connectivity index (χ2v) is 6.46. The van der Waals surface area contributed by atoms with E-state index in [-0.39, 0.29) is 0 Å². The second kappa shape index (κ2) is 6.04. The summed E-state index contributed by atoms with van der Waals surface area (Å²) in [7, 11) is 0. The minimum Gasteiger partial charge on any atom is -0.365 e. The van der Waals surface area contributed by atoms with Gasteiger partial charge in [0, 0.05) is 11.6 Å². The molecule has 1 aliphatic rings. The number of benzene rings is 1. The third-order valence-electron chi connectivity index (χ3n) is 4.93. The molecule has 1 aromatic carbocycles. The average Bonchev–Trinajstić information content (AvgIpc) is 3.33. The van der Waals surface area contributed by atoms with Crippen molar-refractivity contribution in [3.8, 4) is 17.3 Å². The van der Waals surface area contributed by atoms with Crippen LogP contribution in [0.25, 0.3) is 16.9 Å². The molecule has 2 aromatic heterocycles. The number of imidazole rings is 1. The molecule has 122 valence electrons. The number of anilines is 1. The topological polar surface area (TPSA) is 68.9 Å². The number of hydrogen-bond acceptors (Lipinski definition) is 3. The molecular weight excluding hydrogens is 298 g/mol. The molecule has 5 heteroatoms. The van der Waals surface area contributed by atoms with E-state index in [0.29, 0.717) is 11.6 Å². The average molecular weight is 319 g/mol. The van der Waals surface area contributed by atoms with Gasteiger partial charge in [0.05, 0.1) is 11.9 Å². The summed E-state index contributed by atoms with van der Waals surface area (Å²) in [5.41, 5.74) is 4.76. The van der Waals surface area contributed by atoms with Gasteiger partial charge in [-0.25, -0.2) is 0 Å². The lowest BCUT2D eigenvalue weighted by Gasteiger charge is -2.14. The lowest BCUT2D eigenvalue weighted by molar-refractivity contribution is 0.744. The van der Waals surface area contributed by atoms with Gasteiger partial charge in [0.15, 0.2) is 11.5 Å². The third-order valence-corrected chi connectivity index (χ3v) is 4.93. The lowest BCUT2D eigenvalue weighted by Crippen LogP contribution is -2.16. The smallest absolute Gasteiger partial charge is 0.154 e. The van der Waals surface area contributed by atoms with Crippen LogP contribution < -0.4 is 5.32 Å². The number of nitrogens with zero attached hydrogens (tertiary/aromatic N) is 3. The number of H-pyrrole nitrogens is 1. The maximum atomic E-state index is 9.30. The Kier molecular flexibility index (Phi) is 3.73. The summed E-state index contributed by atoms with van der Waals surface area (Å²) < 4.78 is 1.83. The highest BCUT2D eigenvalue weighted by Gasteiger charge is 2.22. The van der Waals surface area contributed by atoms with Crippen LogP contribution in [0.4, 0.5) is 5.82 Å². The van der Waals surface area contributed by atoms with Gasteiger partial charge in [-0.3, -0.25) is 0 Å². The van der Waals surface area contributed by atoms with Gasteiger partial charge in [-0.15, -0.1) is 0 Å². The first-order valence-electron chi connectivity index (χ1n) is 8.65. The van der Waals surface area contributed by atoms with E-state index in [0.717, 1.165) is 29.1 Å². The van der Waals surface area contributed by atoms with Gasteiger partial charge < -0.3 is 10.3 Å². The van der Waals surface area contributed by atoms with Crippen LogP contribution >= 0.6 is 0 Å². The number of nitriles is 1. The van der Waals surface area contributed by atoms with Gasteiger partial charge >= 0.3 is 0 Å². The SMILES string of the molecule is CCc1ccc(-c2[nH]c3c(C#N)cnn3c2NC2CCCC2)cc1. The molecule has 0 amide bonds. The summed E-state index contributed by atoms with van der Waals surface area (Å²) in [4.78, 5) is 3.41. The van der Waals surface area contributed by atoms with E-state index >= 15 is 0 Å². The Labute approximate surface area is 141 Å². The highest BCUT2D eigenvalue weighted by molar-refractivity contribution is 5.78. The van der Waals surface area contributed by atoms with Crippen molar-refractivity contribution in [2.45, 2.75) is 45.1 Å². The number of aromatic amines is 1. The van der Waals surface area contributed by atoms with Gasteiger partial charge in [-0.2, -0.15) is 14.9 Å². The van der Waals surface area contributed by atoms with Crippen LogP contribution in [0.2, 0.25) is 0 Å². The maximum Gasteiger partial charge on any atom is 0.154 e. The van der Waals surface area contributed by atoms with Crippen LogP contribution in [0.15, 0.2) is 30.5 Å². The summed E-state index contributed by atoms with van der Waals surface area (Å²) in [6, 6.07) is 11.3. The fourth-order valence-corrected chi connectivity index (χ4v) is 3.52. The van der Waals surface area contributed by atoms with E-state index in [1.807, 2.05) is 4.52 Å². The van der Waals surface area contributed by atoms with Crippen LogP contribution in [0.1, 0.15) is 43.7 Å². The summed E-state index contributed by atoms with van der Waals surface area (Å²) in [5, 5.41) is 17.4. The molecule has 0 bridgehead atoms. The van der Waals surface area contributed by atoms with Crippen molar-refractivity contribution < 1.29 is 0 Å². The van der Waals surface area contributed by atoms with E-state index < -0.39 is 0 Å². The van der Waals surface area contributed by atoms with Crippen molar-refractivity contribution in [3.63, 3.8) is 0 Å². The Bertz CT molecular complexity index is 888. The van der Waals surface area contributed by atoms with Gasteiger partial charge in [-0.05, 0) is 24.8 Å². The van der Waals surface area contributed by atoms with E-state index in [2.05, 4.69) is 52.7 Å². The fourth-order valence-electron chi connectivity index (χ4n) is 3.52. The highest BCUT2D eigenvalue weighted by atomic mass is 15.3. The van der Waals surface area contributed by atoms with E-state index in [1.54, 1.807) is 6.20 Å². The van der Waals surface area contributed by atoms with Crippen LogP contribution in [-0.2, 0) is 6.42 Å². The molecule has 0 spiro atoms. The summed E-state index contributed by atoms with van der Waals surface area (Å²) in [6.45, 7) is 2.16. The number of nitrogens with one attached hydrogen (secondary N) is 2. The maximum absolute atomic E-state index is 9.30. The van der Waals surface area contributed by atoms with Gasteiger partial charge in [-0.1, -0.05) is 44.0 Å². The third kappa shape index (κ3) is 2.44. The number of hydrogen-bond donors (Lipinski definition) is 2. The molecule has 0 aliphatic heterocycles. The summed E-state index contributed by atoms with van der Waals surface area (Å²) >= 11 is 0. The first-order valence-corrected chi connectivity index (χ1v) is 8.65. The summed E-state index contributed by atoms with van der Waals surface area (Å²) in [5.74, 6) is 0.961. The predicted molar refractivity (Wildman–Crippen MR) is 95.0 cm³/mol. The molecule has 0 saturated heterocycles. The van der Waals surface area contributed by atoms with Gasteiger partial charge in [0.2, 0.25) is 0 Å². The van der Waals surface area contributed by atoms with E-state index in [9.17, 15) is 5.26 Å². The minimum absolute atomic E-state index is 0.479. The number of fused-ring (bicyclic) bond motifs is 1. The highest BCUT2D eigenvalue weighted by Crippen LogP contribution is 2.32. The Morgan fingerprint density at radius 3 is 2.71 bits per heavy atom. The molecule has 2 heterocycles. The van der Waals surface area contributed by atoms with Crippen molar-refractivity contribution in [1.29, 1.82) is 5.26 Å². The molecule has 4 rings (SSSR count). The quantitative estimate of drug-likeness (QED) is 0.760. The molecule has 0 atom stereocenters. The second-order valence-electron chi connectivity index (χ2n) is 6.46. The molecule has 1 aliphatic carbocycles. The molecule has 24 heavy (non-hydrogen) atoms. The monoisotopic (exact) mass is 319 g/mol. The molecule has 1 fully saturated rings. The summed E-state index contributed by atoms with van der Waals surface area (Å²) in [6.07, 6.45) is 7.57. The zero-order valence-corrected chi connectivity index (χ0v) is 13.8. The number of aromatic nitrogens is 3. The van der Waals surface area contributed by atoms with Crippen molar-refractivity contribution in [3.05, 3.63) is 41.6 Å². The predicted octanol–water partition coefficient (Wildman–Crippen LogP) is 4.12. The zero-order valence-electron chi connectivity index (χ0n) is 13.8. The standard InChI is InChI=1S/C19H21N5/c1-2-13-7-9-14(10-8-13)17-19(22-16-5-3-4-6-16)24-18(23-17)15(11-20)12-21-24/h7-10,12,16,22-23H,2-6H2,1H3. The molecule has 0 unspecified atom stereocenters. The lowest BCUT2D eigenvalue weighted by atomic mass is 10.1. The van der Waals surface area contributed by atoms with Crippen LogP contribution in [-0.4, -0.2) is 20.6 Å². The molecule has 1 saturated carbocycles. The van der Waals surface area contributed by atoms with Crippen molar-refractivity contribution in [2.75, 3.05) is 5.32 Å². The molecule has 5 nitrogen and oxygen atoms in total. The van der Waals surface area contributed by atoms with Crippen LogP contribution in [0, 0.1) is 11.3 Å². The fraction of sp³-hybridized carbons (Fsp3) is 0.368. The van der Waals surface area contributed by atoms with Crippen molar-refractivity contribution >= 4 is 11.5 Å². The Balaban J connectivity index is 1.82. The van der Waals surface area contributed by atoms with Crippen LogP contribution in [0.5, 0.6) is 0 Å². The first kappa shape index (κ1) is 14.8. The van der Waals surface area contributed by atoms with Crippen molar-refractivity contribution in [1.82, 2.24) is 14.6 Å². The molecule has 0 radical (unpaired) electrons. The largest absolute Gasteiger partial charge is 0.365 e. The Morgan fingerprint density at radius 1 is 1.29 bits per heavy atom.